The van der Waals surface area contributed by atoms with Crippen molar-refractivity contribution in [1.82, 2.24) is 4.90 Å². The molecule has 0 heterocycles. The fraction of sp³-hybridized carbons (Fsp3) is 0.182. The third-order valence-electron chi connectivity index (χ3n) is 2.15. The molecule has 0 aliphatic carbocycles. The number of hydrogen-bond donors (Lipinski definition) is 3. The van der Waals surface area contributed by atoms with E-state index in [9.17, 15) is 23.2 Å². The van der Waals surface area contributed by atoms with E-state index in [1.165, 1.54) is 0 Å². The Kier molecular flexibility index (Phi) is 4.95. The van der Waals surface area contributed by atoms with E-state index in [0.29, 0.717) is 4.90 Å². The zero-order chi connectivity index (χ0) is 15.3. The van der Waals surface area contributed by atoms with Gasteiger partial charge in [0.25, 0.3) is 0 Å². The van der Waals surface area contributed by atoms with Crippen molar-refractivity contribution in [1.29, 1.82) is 0 Å². The van der Waals surface area contributed by atoms with E-state index in [4.69, 9.17) is 10.8 Å². The molecule has 4 N–H and O–H groups in total. The number of nitrogens with two attached hydrogens (primary N) is 1. The molecule has 0 saturated carbocycles. The highest BCUT2D eigenvalue weighted by atomic mass is 19.2. The molecular formula is C11H11F2N3O4. The largest absolute Gasteiger partial charge is 0.480 e. The van der Waals surface area contributed by atoms with Crippen LogP contribution >= 0.6 is 0 Å². The Bertz CT molecular complexity index is 534. The minimum atomic E-state index is -1.39. The predicted molar refractivity (Wildman–Crippen MR) is 63.8 cm³/mol. The van der Waals surface area contributed by atoms with E-state index in [2.05, 4.69) is 0 Å². The third kappa shape index (κ3) is 4.19. The summed E-state index contributed by atoms with van der Waals surface area (Å²) in [6.07, 6.45) is 0. The number of nitrogens with zero attached hydrogens (tertiary/aromatic N) is 1. The van der Waals surface area contributed by atoms with Crippen molar-refractivity contribution in [2.24, 2.45) is 5.73 Å². The van der Waals surface area contributed by atoms with Gasteiger partial charge in [-0.15, -0.1) is 0 Å². The second-order valence-electron chi connectivity index (χ2n) is 3.75. The summed E-state index contributed by atoms with van der Waals surface area (Å²) in [4.78, 5) is 33.6. The van der Waals surface area contributed by atoms with Gasteiger partial charge in [0.2, 0.25) is 5.91 Å². The number of halogens is 2. The van der Waals surface area contributed by atoms with E-state index in [0.717, 1.165) is 18.2 Å². The number of amides is 3. The zero-order valence-electron chi connectivity index (χ0n) is 10.1. The van der Waals surface area contributed by atoms with Crippen LogP contribution in [0.1, 0.15) is 0 Å². The number of carboxylic acids is 1. The number of primary amides is 1. The average Bonchev–Trinajstić information content (AvgIpc) is 2.33. The van der Waals surface area contributed by atoms with Crippen LogP contribution in [0.5, 0.6) is 0 Å². The van der Waals surface area contributed by atoms with Gasteiger partial charge in [0.15, 0.2) is 11.6 Å². The molecule has 0 saturated heterocycles. The molecule has 0 aliphatic heterocycles. The standard InChI is InChI=1S/C11H11F2N3O4/c12-6-2-1-3-7(10(6)13)15-11(20)16(4-8(14)17)5-9(18)19/h1-3H,4-5H2,(H2,14,17)(H,15,20)(H,18,19). The summed E-state index contributed by atoms with van der Waals surface area (Å²) in [5, 5.41) is 10.6. The molecule has 0 bridgehead atoms. The Hall–Kier alpha value is -2.71. The molecule has 1 rings (SSSR count). The number of benzene rings is 1. The van der Waals surface area contributed by atoms with Crippen LogP contribution in [0.2, 0.25) is 0 Å². The summed E-state index contributed by atoms with van der Waals surface area (Å²) >= 11 is 0. The molecular weight excluding hydrogens is 276 g/mol. The monoisotopic (exact) mass is 287 g/mol. The summed E-state index contributed by atoms with van der Waals surface area (Å²) in [6, 6.07) is 2.00. The summed E-state index contributed by atoms with van der Waals surface area (Å²) in [7, 11) is 0. The Morgan fingerprint density at radius 3 is 2.45 bits per heavy atom. The fourth-order valence-corrected chi connectivity index (χ4v) is 1.35. The maximum absolute atomic E-state index is 13.3. The first kappa shape index (κ1) is 15.3. The van der Waals surface area contributed by atoms with Crippen LogP contribution in [-0.4, -0.2) is 41.0 Å². The van der Waals surface area contributed by atoms with Crippen LogP contribution < -0.4 is 11.1 Å². The van der Waals surface area contributed by atoms with Crippen LogP contribution in [0.25, 0.3) is 0 Å². The second-order valence-corrected chi connectivity index (χ2v) is 3.75. The molecule has 0 spiro atoms. The Morgan fingerprint density at radius 2 is 1.90 bits per heavy atom. The Balaban J connectivity index is 2.87. The molecule has 0 unspecified atom stereocenters. The average molecular weight is 287 g/mol. The van der Waals surface area contributed by atoms with Gasteiger partial charge in [-0.1, -0.05) is 6.07 Å². The molecule has 108 valence electrons. The van der Waals surface area contributed by atoms with Gasteiger partial charge in [0.05, 0.1) is 5.69 Å². The van der Waals surface area contributed by atoms with Crippen molar-refractivity contribution in [3.63, 3.8) is 0 Å². The normalized spacial score (nSPS) is 9.90. The molecule has 1 aromatic carbocycles. The smallest absolute Gasteiger partial charge is 0.323 e. The summed E-state index contributed by atoms with van der Waals surface area (Å²) in [5.41, 5.74) is 4.39. The molecule has 20 heavy (non-hydrogen) atoms. The topological polar surface area (TPSA) is 113 Å². The van der Waals surface area contributed by atoms with Crippen LogP contribution in [0.3, 0.4) is 0 Å². The Morgan fingerprint density at radius 1 is 1.25 bits per heavy atom. The van der Waals surface area contributed by atoms with E-state index < -0.39 is 48.3 Å². The highest BCUT2D eigenvalue weighted by Gasteiger charge is 2.20. The van der Waals surface area contributed by atoms with Crippen LogP contribution in [-0.2, 0) is 9.59 Å². The second kappa shape index (κ2) is 6.45. The molecule has 0 aliphatic rings. The number of carbonyl (C=O) groups is 3. The molecule has 9 heteroatoms. The van der Waals surface area contributed by atoms with Crippen LogP contribution in [0.15, 0.2) is 18.2 Å². The summed E-state index contributed by atoms with van der Waals surface area (Å²) in [5.74, 6) is -4.81. The van der Waals surface area contributed by atoms with Crippen molar-refractivity contribution < 1.29 is 28.3 Å². The number of nitrogens with one attached hydrogen (secondary N) is 1. The van der Waals surface area contributed by atoms with Crippen molar-refractivity contribution in [2.45, 2.75) is 0 Å². The van der Waals surface area contributed by atoms with Crippen molar-refractivity contribution in [2.75, 3.05) is 18.4 Å². The molecule has 0 atom stereocenters. The maximum Gasteiger partial charge on any atom is 0.323 e. The molecule has 0 fully saturated rings. The molecule has 0 aromatic heterocycles. The molecule has 1 aromatic rings. The fourth-order valence-electron chi connectivity index (χ4n) is 1.35. The first-order valence-electron chi connectivity index (χ1n) is 5.31. The van der Waals surface area contributed by atoms with Gasteiger partial charge in [0, 0.05) is 0 Å². The predicted octanol–water partition coefficient (Wildman–Crippen LogP) is 0.369. The molecule has 7 nitrogen and oxygen atoms in total. The van der Waals surface area contributed by atoms with E-state index >= 15 is 0 Å². The lowest BCUT2D eigenvalue weighted by atomic mass is 10.3. The third-order valence-corrected chi connectivity index (χ3v) is 2.15. The number of rotatable bonds is 5. The summed E-state index contributed by atoms with van der Waals surface area (Å²) in [6.45, 7) is -1.49. The van der Waals surface area contributed by atoms with Crippen molar-refractivity contribution in [3.05, 3.63) is 29.8 Å². The van der Waals surface area contributed by atoms with Gasteiger partial charge < -0.3 is 21.1 Å². The maximum atomic E-state index is 13.3. The zero-order valence-corrected chi connectivity index (χ0v) is 10.1. The quantitative estimate of drug-likeness (QED) is 0.726. The number of hydrogen-bond acceptors (Lipinski definition) is 3. The highest BCUT2D eigenvalue weighted by molar-refractivity contribution is 5.94. The van der Waals surface area contributed by atoms with Crippen LogP contribution in [0.4, 0.5) is 19.3 Å². The van der Waals surface area contributed by atoms with Crippen LogP contribution in [0, 0.1) is 11.6 Å². The number of anilines is 1. The minimum Gasteiger partial charge on any atom is -0.480 e. The SMILES string of the molecule is NC(=O)CN(CC(=O)O)C(=O)Nc1cccc(F)c1F. The van der Waals surface area contributed by atoms with Gasteiger partial charge in [-0.25, -0.2) is 13.6 Å². The van der Waals surface area contributed by atoms with Gasteiger partial charge in [0.1, 0.15) is 13.1 Å². The number of carboxylic acid groups (broad SMARTS) is 1. The summed E-state index contributed by atoms with van der Waals surface area (Å²) < 4.78 is 26.3. The van der Waals surface area contributed by atoms with E-state index in [1.807, 2.05) is 5.32 Å². The van der Waals surface area contributed by atoms with E-state index in [-0.39, 0.29) is 0 Å². The lowest BCUT2D eigenvalue weighted by Crippen LogP contribution is -2.43. The number of carbonyl (C=O) groups excluding carboxylic acids is 2. The Labute approximate surface area is 112 Å². The van der Waals surface area contributed by atoms with Gasteiger partial charge in [-0.05, 0) is 12.1 Å². The lowest BCUT2D eigenvalue weighted by Gasteiger charge is -2.19. The van der Waals surface area contributed by atoms with Gasteiger partial charge in [-0.3, -0.25) is 9.59 Å². The first-order valence-corrected chi connectivity index (χ1v) is 5.31. The van der Waals surface area contributed by atoms with E-state index in [1.54, 1.807) is 0 Å². The van der Waals surface area contributed by atoms with Gasteiger partial charge in [-0.2, -0.15) is 0 Å². The molecule has 0 radical (unpaired) electrons. The minimum absolute atomic E-state index is 0.477. The number of urea groups is 1. The van der Waals surface area contributed by atoms with Gasteiger partial charge >= 0.3 is 12.0 Å². The number of aliphatic carboxylic acids is 1. The highest BCUT2D eigenvalue weighted by Crippen LogP contribution is 2.16. The molecule has 3 amide bonds. The lowest BCUT2D eigenvalue weighted by molar-refractivity contribution is -0.137. The first-order chi connectivity index (χ1) is 9.31. The van der Waals surface area contributed by atoms with Crippen molar-refractivity contribution in [3.8, 4) is 0 Å². The van der Waals surface area contributed by atoms with Crippen molar-refractivity contribution >= 4 is 23.6 Å².